The van der Waals surface area contributed by atoms with Crippen molar-refractivity contribution in [3.8, 4) is 0 Å². The Morgan fingerprint density at radius 2 is 1.53 bits per heavy atom. The second-order valence-electron chi connectivity index (χ2n) is 6.25. The molecule has 0 aromatic heterocycles. The molecule has 0 aliphatic carbocycles. The van der Waals surface area contributed by atoms with E-state index < -0.39 is 33.8 Å². The summed E-state index contributed by atoms with van der Waals surface area (Å²) in [7, 11) is 0. The van der Waals surface area contributed by atoms with Gasteiger partial charge in [0.15, 0.2) is 0 Å². The Kier molecular flexibility index (Phi) is 5.78. The lowest BCUT2D eigenvalue weighted by Gasteiger charge is -2.31. The molecule has 0 unspecified atom stereocenters. The Balaban J connectivity index is 5.13. The van der Waals surface area contributed by atoms with Crippen molar-refractivity contribution in [1.29, 1.82) is 0 Å². The third kappa shape index (κ3) is 7.67. The maximum Gasteiger partial charge on any atom is 0.405 e. The number of rotatable bonds is 3. The third-order valence-electron chi connectivity index (χ3n) is 1.82. The molecule has 0 amide bonds. The van der Waals surface area contributed by atoms with Gasteiger partial charge in [-0.15, -0.1) is 11.8 Å². The van der Waals surface area contributed by atoms with Gasteiger partial charge >= 0.3 is 12.1 Å². The fourth-order valence-corrected chi connectivity index (χ4v) is 2.39. The second kappa shape index (κ2) is 5.91. The van der Waals surface area contributed by atoms with Gasteiger partial charge in [0.1, 0.15) is 16.9 Å². The summed E-state index contributed by atoms with van der Waals surface area (Å²) in [6, 6.07) is -2.24. The van der Waals surface area contributed by atoms with Gasteiger partial charge in [-0.3, -0.25) is 4.79 Å². The van der Waals surface area contributed by atoms with E-state index in [1.165, 1.54) is 0 Å². The Morgan fingerprint density at radius 1 is 1.11 bits per heavy atom. The van der Waals surface area contributed by atoms with Crippen LogP contribution in [0.3, 0.4) is 0 Å². The standard InChI is InChI=1S/C12H22F3NO2S/c1-10(2,3)18-9(17)7(19-11(4,5)6)8(16)12(13,14)15/h7-8H,16H2,1-6H3/t7-,8+/m1/s1. The SMILES string of the molecule is CC(C)(C)OC(=O)[C@H](SC(C)(C)C)[C@H](N)C(F)(F)F. The highest BCUT2D eigenvalue weighted by Crippen LogP contribution is 2.35. The molecular formula is C12H22F3NO2S. The predicted molar refractivity (Wildman–Crippen MR) is 71.0 cm³/mol. The molecule has 7 heteroatoms. The third-order valence-corrected chi connectivity index (χ3v) is 3.27. The first-order chi connectivity index (χ1) is 8.13. The van der Waals surface area contributed by atoms with E-state index in [-0.39, 0.29) is 0 Å². The first-order valence-electron chi connectivity index (χ1n) is 5.86. The fraction of sp³-hybridized carbons (Fsp3) is 0.917. The average Bonchev–Trinajstić information content (AvgIpc) is 2.06. The van der Waals surface area contributed by atoms with Crippen molar-refractivity contribution in [2.24, 2.45) is 5.73 Å². The average molecular weight is 301 g/mol. The van der Waals surface area contributed by atoms with E-state index >= 15 is 0 Å². The first-order valence-corrected chi connectivity index (χ1v) is 6.74. The van der Waals surface area contributed by atoms with Crippen LogP contribution in [0.1, 0.15) is 41.5 Å². The minimum absolute atomic E-state index is 0.537. The number of ether oxygens (including phenoxy) is 1. The van der Waals surface area contributed by atoms with Gasteiger partial charge in [0.25, 0.3) is 0 Å². The lowest BCUT2D eigenvalue weighted by Crippen LogP contribution is -2.51. The number of thioether (sulfide) groups is 1. The number of alkyl halides is 3. The highest BCUT2D eigenvalue weighted by atomic mass is 32.2. The zero-order valence-corrected chi connectivity index (χ0v) is 12.9. The Hall–Kier alpha value is -0.430. The summed E-state index contributed by atoms with van der Waals surface area (Å²) in [5.41, 5.74) is 4.33. The molecule has 0 heterocycles. The lowest BCUT2D eigenvalue weighted by atomic mass is 10.1. The Labute approximate surface area is 116 Å². The monoisotopic (exact) mass is 301 g/mol. The quantitative estimate of drug-likeness (QED) is 0.814. The van der Waals surface area contributed by atoms with Gasteiger partial charge in [0, 0.05) is 4.75 Å². The van der Waals surface area contributed by atoms with Gasteiger partial charge in [0.05, 0.1) is 0 Å². The number of esters is 1. The van der Waals surface area contributed by atoms with Crippen molar-refractivity contribution in [3.63, 3.8) is 0 Å². The number of nitrogens with two attached hydrogens (primary N) is 1. The zero-order chi connectivity index (χ0) is 15.6. The minimum atomic E-state index is -4.64. The summed E-state index contributed by atoms with van der Waals surface area (Å²) in [4.78, 5) is 11.9. The molecule has 0 rings (SSSR count). The van der Waals surface area contributed by atoms with Crippen LogP contribution in [0.4, 0.5) is 13.2 Å². The summed E-state index contributed by atoms with van der Waals surface area (Å²) >= 11 is 0.866. The molecule has 0 bridgehead atoms. The number of hydrogen-bond donors (Lipinski definition) is 1. The van der Waals surface area contributed by atoms with E-state index in [0.717, 1.165) is 11.8 Å². The van der Waals surface area contributed by atoms with Gasteiger partial charge in [-0.1, -0.05) is 20.8 Å². The molecular weight excluding hydrogens is 279 g/mol. The van der Waals surface area contributed by atoms with Crippen LogP contribution >= 0.6 is 11.8 Å². The number of carbonyl (C=O) groups excluding carboxylic acids is 1. The van der Waals surface area contributed by atoms with Crippen LogP contribution in [0.15, 0.2) is 0 Å². The molecule has 0 saturated carbocycles. The number of hydrogen-bond acceptors (Lipinski definition) is 4. The van der Waals surface area contributed by atoms with Gasteiger partial charge in [-0.05, 0) is 20.8 Å². The van der Waals surface area contributed by atoms with Crippen LogP contribution in [0, 0.1) is 0 Å². The molecule has 2 atom stereocenters. The first kappa shape index (κ1) is 18.6. The van der Waals surface area contributed by atoms with Crippen molar-refractivity contribution in [2.75, 3.05) is 0 Å². The van der Waals surface area contributed by atoms with Crippen LogP contribution in [-0.2, 0) is 9.53 Å². The molecule has 3 nitrogen and oxygen atoms in total. The van der Waals surface area contributed by atoms with Crippen LogP contribution in [0.2, 0.25) is 0 Å². The van der Waals surface area contributed by atoms with E-state index in [0.29, 0.717) is 0 Å². The molecule has 0 aromatic rings. The topological polar surface area (TPSA) is 52.3 Å². The number of carbonyl (C=O) groups is 1. The maximum atomic E-state index is 12.7. The zero-order valence-electron chi connectivity index (χ0n) is 12.1. The van der Waals surface area contributed by atoms with Crippen LogP contribution in [0.5, 0.6) is 0 Å². The van der Waals surface area contributed by atoms with Crippen LogP contribution in [-0.4, -0.2) is 33.8 Å². The largest absolute Gasteiger partial charge is 0.459 e. The number of halogens is 3. The highest BCUT2D eigenvalue weighted by Gasteiger charge is 2.48. The molecule has 0 spiro atoms. The van der Waals surface area contributed by atoms with Gasteiger partial charge in [-0.25, -0.2) is 0 Å². The molecule has 0 aliphatic rings. The van der Waals surface area contributed by atoms with E-state index in [1.54, 1.807) is 41.5 Å². The summed E-state index contributed by atoms with van der Waals surface area (Å²) < 4.78 is 42.6. The minimum Gasteiger partial charge on any atom is -0.459 e. The van der Waals surface area contributed by atoms with Crippen molar-refractivity contribution in [3.05, 3.63) is 0 Å². The van der Waals surface area contributed by atoms with Crippen molar-refractivity contribution >= 4 is 17.7 Å². The van der Waals surface area contributed by atoms with Gasteiger partial charge < -0.3 is 10.5 Å². The molecule has 114 valence electrons. The van der Waals surface area contributed by atoms with Crippen molar-refractivity contribution in [1.82, 2.24) is 0 Å². The molecule has 0 fully saturated rings. The summed E-state index contributed by atoms with van der Waals surface area (Å²) in [6.45, 7) is 9.96. The van der Waals surface area contributed by atoms with E-state index in [2.05, 4.69) is 0 Å². The van der Waals surface area contributed by atoms with E-state index in [1.807, 2.05) is 0 Å². The maximum absolute atomic E-state index is 12.7. The predicted octanol–water partition coefficient (Wildman–Crippen LogP) is 3.12. The Morgan fingerprint density at radius 3 is 1.79 bits per heavy atom. The van der Waals surface area contributed by atoms with Crippen LogP contribution < -0.4 is 5.73 Å². The van der Waals surface area contributed by atoms with E-state index in [9.17, 15) is 18.0 Å². The second-order valence-corrected chi connectivity index (χ2v) is 8.22. The van der Waals surface area contributed by atoms with E-state index in [4.69, 9.17) is 10.5 Å². The summed E-state index contributed by atoms with van der Waals surface area (Å²) in [5.74, 6) is -0.933. The molecule has 0 radical (unpaired) electrons. The Bertz CT molecular complexity index is 318. The van der Waals surface area contributed by atoms with Crippen molar-refractivity contribution in [2.45, 2.75) is 69.4 Å². The fourth-order valence-electron chi connectivity index (χ4n) is 1.18. The summed E-state index contributed by atoms with van der Waals surface area (Å²) in [5, 5.41) is -1.47. The lowest BCUT2D eigenvalue weighted by molar-refractivity contribution is -0.169. The molecule has 0 aromatic carbocycles. The van der Waals surface area contributed by atoms with Crippen LogP contribution in [0.25, 0.3) is 0 Å². The molecule has 0 saturated heterocycles. The normalized spacial score (nSPS) is 16.9. The molecule has 2 N–H and O–H groups in total. The highest BCUT2D eigenvalue weighted by molar-refractivity contribution is 8.01. The smallest absolute Gasteiger partial charge is 0.405 e. The van der Waals surface area contributed by atoms with Gasteiger partial charge in [0.2, 0.25) is 0 Å². The molecule has 19 heavy (non-hydrogen) atoms. The summed E-state index contributed by atoms with van der Waals surface area (Å²) in [6.07, 6.45) is -4.64. The molecule has 0 aliphatic heterocycles. The van der Waals surface area contributed by atoms with Gasteiger partial charge in [-0.2, -0.15) is 13.2 Å². The van der Waals surface area contributed by atoms with Crippen molar-refractivity contribution < 1.29 is 22.7 Å².